The normalized spacial score (nSPS) is 15.5. The van der Waals surface area contributed by atoms with Gasteiger partial charge in [0.25, 0.3) is 0 Å². The van der Waals surface area contributed by atoms with Crippen LogP contribution in [0.4, 0.5) is 0 Å². The van der Waals surface area contributed by atoms with Gasteiger partial charge in [-0.3, -0.25) is 0 Å². The van der Waals surface area contributed by atoms with E-state index in [1.807, 2.05) is 0 Å². The number of fused-ring (bicyclic) bond motifs is 6. The van der Waals surface area contributed by atoms with Crippen LogP contribution in [-0.2, 0) is 0 Å². The van der Waals surface area contributed by atoms with E-state index in [2.05, 4.69) is 89.8 Å². The number of allylic oxidation sites excluding steroid dienone is 2. The highest BCUT2D eigenvalue weighted by molar-refractivity contribution is 6.76. The zero-order valence-corrected chi connectivity index (χ0v) is 12.1. The zero-order valence-electron chi connectivity index (χ0n) is 12.1. The maximum absolute atomic E-state index is 2.34. The summed E-state index contributed by atoms with van der Waals surface area (Å²) in [6.45, 7) is 0.343. The molecule has 0 atom stereocenters. The van der Waals surface area contributed by atoms with E-state index in [-0.39, 0.29) is 0 Å². The topological polar surface area (TPSA) is 3.24 Å². The summed E-state index contributed by atoms with van der Waals surface area (Å²) in [7, 11) is 0. The van der Waals surface area contributed by atoms with Gasteiger partial charge in [-0.1, -0.05) is 66.6 Å². The highest BCUT2D eigenvalue weighted by atomic mass is 15.0. The van der Waals surface area contributed by atoms with Crippen LogP contribution in [0.25, 0.3) is 33.7 Å². The molecule has 0 spiro atoms. The van der Waals surface area contributed by atoms with Crippen molar-refractivity contribution in [3.63, 3.8) is 0 Å². The highest BCUT2D eigenvalue weighted by Gasteiger charge is 2.18. The monoisotopic (exact) mass is 279 g/mol. The van der Waals surface area contributed by atoms with Gasteiger partial charge < -0.3 is 4.81 Å². The maximum Gasteiger partial charge on any atom is 0.312 e. The predicted octanol–water partition coefficient (Wildman–Crippen LogP) is 2.98. The highest BCUT2D eigenvalue weighted by Crippen LogP contribution is 2.23. The van der Waals surface area contributed by atoms with Crippen molar-refractivity contribution in [2.24, 2.45) is 0 Å². The Morgan fingerprint density at radius 3 is 2.68 bits per heavy atom. The summed E-state index contributed by atoms with van der Waals surface area (Å²) in [5.74, 6) is 4.56. The van der Waals surface area contributed by atoms with Gasteiger partial charge >= 0.3 is 6.85 Å². The molecular weight excluding hydrogens is 265 g/mol. The van der Waals surface area contributed by atoms with E-state index >= 15 is 0 Å². The lowest BCUT2D eigenvalue weighted by Crippen LogP contribution is -2.42. The molecular formula is C20H14BN. The van der Waals surface area contributed by atoms with Crippen molar-refractivity contribution in [2.45, 2.75) is 0 Å². The van der Waals surface area contributed by atoms with Crippen LogP contribution < -0.4 is 10.4 Å². The molecule has 3 aromatic carbocycles. The van der Waals surface area contributed by atoms with Crippen LogP contribution in [-0.4, -0.2) is 11.7 Å². The molecule has 0 amide bonds. The molecule has 2 heteroatoms. The minimum absolute atomic E-state index is 0.343. The third-order valence-corrected chi connectivity index (χ3v) is 4.65. The Morgan fingerprint density at radius 1 is 0.773 bits per heavy atom. The first-order chi connectivity index (χ1) is 10.9. The lowest BCUT2D eigenvalue weighted by molar-refractivity contribution is 0.858. The van der Waals surface area contributed by atoms with Gasteiger partial charge in [-0.15, -0.1) is 0 Å². The van der Waals surface area contributed by atoms with E-state index in [4.69, 9.17) is 0 Å². The van der Waals surface area contributed by atoms with Crippen molar-refractivity contribution in [3.8, 4) is 0 Å². The molecule has 5 rings (SSSR count). The Balaban J connectivity index is 1.93. The zero-order chi connectivity index (χ0) is 14.5. The van der Waals surface area contributed by atoms with E-state index in [0.29, 0.717) is 6.85 Å². The molecule has 22 heavy (non-hydrogen) atoms. The Hall–Kier alpha value is -2.74. The standard InChI is InChI=1S/C20H14BN/c1-2-6-17-15(5-1)7-9-19-18(17)10-8-16-13-21-11-3-4-12-22(21)14-20(16)19/h1-14H. The second kappa shape index (κ2) is 4.38. The van der Waals surface area contributed by atoms with E-state index in [9.17, 15) is 0 Å². The van der Waals surface area contributed by atoms with Crippen LogP contribution in [0.3, 0.4) is 0 Å². The maximum atomic E-state index is 2.34. The summed E-state index contributed by atoms with van der Waals surface area (Å²) >= 11 is 0. The summed E-state index contributed by atoms with van der Waals surface area (Å²) in [4.78, 5) is 2.27. The number of benzene rings is 3. The summed E-state index contributed by atoms with van der Waals surface area (Å²) in [6, 6.07) is 17.6. The number of nitrogens with zero attached hydrogens (tertiary/aromatic N) is 1. The van der Waals surface area contributed by atoms with Gasteiger partial charge in [0.05, 0.1) is 0 Å². The fourth-order valence-corrected chi connectivity index (χ4v) is 3.55. The summed E-state index contributed by atoms with van der Waals surface area (Å²) in [6.07, 6.45) is 8.62. The Kier molecular flexibility index (Phi) is 2.36. The minimum atomic E-state index is 0.343. The van der Waals surface area contributed by atoms with Crippen molar-refractivity contribution in [3.05, 3.63) is 83.3 Å². The molecule has 0 unspecified atom stereocenters. The van der Waals surface area contributed by atoms with E-state index < -0.39 is 0 Å². The average Bonchev–Trinajstić information content (AvgIpc) is 2.59. The van der Waals surface area contributed by atoms with Crippen LogP contribution in [0.1, 0.15) is 0 Å². The minimum Gasteiger partial charge on any atom is -0.389 e. The van der Waals surface area contributed by atoms with Gasteiger partial charge in [0.15, 0.2) is 0 Å². The molecule has 0 fully saturated rings. The largest absolute Gasteiger partial charge is 0.389 e. The quantitative estimate of drug-likeness (QED) is 0.451. The molecule has 1 nitrogen and oxygen atoms in total. The van der Waals surface area contributed by atoms with Crippen molar-refractivity contribution < 1.29 is 0 Å². The molecule has 0 N–H and O–H groups in total. The van der Waals surface area contributed by atoms with Gasteiger partial charge in [0.2, 0.25) is 0 Å². The summed E-state index contributed by atoms with van der Waals surface area (Å²) < 4.78 is 0. The van der Waals surface area contributed by atoms with Gasteiger partial charge in [-0.05, 0) is 45.2 Å². The van der Waals surface area contributed by atoms with Gasteiger partial charge in [-0.2, -0.15) is 0 Å². The van der Waals surface area contributed by atoms with Gasteiger partial charge in [0, 0.05) is 5.22 Å². The average molecular weight is 279 g/mol. The second-order valence-corrected chi connectivity index (χ2v) is 5.91. The first kappa shape index (κ1) is 11.9. The fraction of sp³-hybridized carbons (Fsp3) is 0. The van der Waals surface area contributed by atoms with E-state index in [0.717, 1.165) is 0 Å². The second-order valence-electron chi connectivity index (χ2n) is 5.91. The third kappa shape index (κ3) is 1.61. The first-order valence-corrected chi connectivity index (χ1v) is 7.67. The third-order valence-electron chi connectivity index (χ3n) is 4.65. The van der Waals surface area contributed by atoms with E-state index in [1.165, 1.54) is 32.0 Å². The van der Waals surface area contributed by atoms with E-state index in [1.54, 1.807) is 0 Å². The molecule has 0 aliphatic carbocycles. The molecule has 0 saturated carbocycles. The number of rotatable bonds is 0. The number of hydrogen-bond acceptors (Lipinski definition) is 1. The Bertz CT molecular complexity index is 1090. The summed E-state index contributed by atoms with van der Waals surface area (Å²) in [5.41, 5.74) is 0. The SMILES string of the molecule is C1=CB2C=c3ccc4c(ccc5ccccc54)c3=CN2C=C1. The lowest BCUT2D eigenvalue weighted by atomic mass is 9.58. The molecule has 0 bridgehead atoms. The molecule has 2 heterocycles. The van der Waals surface area contributed by atoms with Crippen molar-refractivity contribution >= 4 is 40.6 Å². The molecule has 0 saturated heterocycles. The van der Waals surface area contributed by atoms with Gasteiger partial charge in [0.1, 0.15) is 0 Å². The summed E-state index contributed by atoms with van der Waals surface area (Å²) in [5, 5.41) is 7.93. The Morgan fingerprint density at radius 2 is 1.68 bits per heavy atom. The van der Waals surface area contributed by atoms with Crippen molar-refractivity contribution in [1.29, 1.82) is 0 Å². The molecule has 0 aromatic heterocycles. The Labute approximate surface area is 129 Å². The van der Waals surface area contributed by atoms with Crippen LogP contribution in [0.2, 0.25) is 0 Å². The van der Waals surface area contributed by atoms with Crippen LogP contribution in [0.15, 0.2) is 72.9 Å². The molecule has 0 radical (unpaired) electrons. The number of hydrogen-bond donors (Lipinski definition) is 0. The fourth-order valence-electron chi connectivity index (χ4n) is 3.55. The van der Waals surface area contributed by atoms with Crippen molar-refractivity contribution in [2.75, 3.05) is 0 Å². The van der Waals surface area contributed by atoms with Crippen molar-refractivity contribution in [1.82, 2.24) is 4.81 Å². The van der Waals surface area contributed by atoms with Gasteiger partial charge in [-0.25, -0.2) is 0 Å². The molecule has 3 aromatic rings. The molecule has 102 valence electrons. The molecule has 2 aliphatic rings. The molecule has 2 aliphatic heterocycles. The first-order valence-electron chi connectivity index (χ1n) is 7.67. The van der Waals surface area contributed by atoms with Crippen LogP contribution >= 0.6 is 0 Å². The smallest absolute Gasteiger partial charge is 0.312 e. The van der Waals surface area contributed by atoms with Crippen LogP contribution in [0.5, 0.6) is 0 Å². The predicted molar refractivity (Wildman–Crippen MR) is 95.5 cm³/mol. The van der Waals surface area contributed by atoms with Crippen LogP contribution in [0, 0.1) is 0 Å². The lowest BCUT2D eigenvalue weighted by Gasteiger charge is -2.25.